The van der Waals surface area contributed by atoms with Gasteiger partial charge in [0, 0.05) is 0 Å². The van der Waals surface area contributed by atoms with Crippen LogP contribution in [0.15, 0.2) is 0 Å². The van der Waals surface area contributed by atoms with E-state index in [4.69, 9.17) is 5.11 Å². The Balaban J connectivity index is 4.81. The maximum atomic E-state index is 11.8. The van der Waals surface area contributed by atoms with E-state index in [1.54, 1.807) is 41.7 Å². The lowest BCUT2D eigenvalue weighted by Crippen LogP contribution is -2.58. The van der Waals surface area contributed by atoms with Crippen molar-refractivity contribution in [2.45, 2.75) is 46.2 Å². The number of likely N-dealkylation sites (N-methyl/N-ethyl adjacent to an activating group) is 1. The molecule has 1 atom stereocenters. The monoisotopic (exact) mass is 230 g/mol. The quantitative estimate of drug-likeness (QED) is 0.661. The van der Waals surface area contributed by atoms with Crippen molar-refractivity contribution >= 4 is 11.9 Å². The molecule has 1 amide bonds. The van der Waals surface area contributed by atoms with E-state index in [0.717, 1.165) is 0 Å². The summed E-state index contributed by atoms with van der Waals surface area (Å²) in [6.45, 7) is 8.73. The van der Waals surface area contributed by atoms with Crippen LogP contribution < -0.4 is 10.6 Å². The minimum Gasteiger partial charge on any atom is -0.480 e. The Morgan fingerprint density at radius 1 is 1.12 bits per heavy atom. The lowest BCUT2D eigenvalue weighted by Gasteiger charge is -2.31. The zero-order valence-corrected chi connectivity index (χ0v) is 10.8. The van der Waals surface area contributed by atoms with E-state index in [1.165, 1.54) is 0 Å². The molecule has 0 aromatic carbocycles. The molecule has 0 bridgehead atoms. The number of hydrogen-bond acceptors (Lipinski definition) is 3. The number of hydrogen-bond donors (Lipinski definition) is 3. The summed E-state index contributed by atoms with van der Waals surface area (Å²) in [6, 6.07) is -0.896. The highest BCUT2D eigenvalue weighted by Gasteiger charge is 2.36. The SMILES string of the molecule is CNC(C)(C)C(=O)NC(C(=O)O)C(C)(C)C. The first-order valence-corrected chi connectivity index (χ1v) is 5.25. The molecule has 16 heavy (non-hydrogen) atoms. The highest BCUT2D eigenvalue weighted by atomic mass is 16.4. The molecule has 3 N–H and O–H groups in total. The molecule has 94 valence electrons. The highest BCUT2D eigenvalue weighted by Crippen LogP contribution is 2.20. The van der Waals surface area contributed by atoms with Crippen molar-refractivity contribution in [1.82, 2.24) is 10.6 Å². The van der Waals surface area contributed by atoms with Gasteiger partial charge in [-0.3, -0.25) is 4.79 Å². The van der Waals surface area contributed by atoms with E-state index < -0.39 is 23.0 Å². The largest absolute Gasteiger partial charge is 0.480 e. The van der Waals surface area contributed by atoms with Gasteiger partial charge in [-0.25, -0.2) is 4.79 Å². The van der Waals surface area contributed by atoms with Gasteiger partial charge in [0.2, 0.25) is 5.91 Å². The van der Waals surface area contributed by atoms with Gasteiger partial charge >= 0.3 is 5.97 Å². The van der Waals surface area contributed by atoms with Gasteiger partial charge in [0.05, 0.1) is 5.54 Å². The van der Waals surface area contributed by atoms with Gasteiger partial charge < -0.3 is 15.7 Å². The number of amides is 1. The smallest absolute Gasteiger partial charge is 0.326 e. The van der Waals surface area contributed by atoms with Crippen molar-refractivity contribution in [3.63, 3.8) is 0 Å². The molecule has 1 unspecified atom stereocenters. The Morgan fingerprint density at radius 3 is 1.81 bits per heavy atom. The number of rotatable bonds is 4. The Labute approximate surface area is 96.6 Å². The molecule has 0 fully saturated rings. The molecule has 0 aromatic heterocycles. The summed E-state index contributed by atoms with van der Waals surface area (Å²) < 4.78 is 0. The Hall–Kier alpha value is -1.10. The van der Waals surface area contributed by atoms with E-state index in [2.05, 4.69) is 10.6 Å². The molecule has 0 aromatic rings. The average molecular weight is 230 g/mol. The van der Waals surface area contributed by atoms with Crippen LogP contribution in [0.2, 0.25) is 0 Å². The molecule has 0 radical (unpaired) electrons. The van der Waals surface area contributed by atoms with E-state index in [1.807, 2.05) is 0 Å². The van der Waals surface area contributed by atoms with Gasteiger partial charge in [-0.15, -0.1) is 0 Å². The first-order chi connectivity index (χ1) is 7.02. The summed E-state index contributed by atoms with van der Waals surface area (Å²) in [5.74, 6) is -1.34. The second-order valence-electron chi connectivity index (χ2n) is 5.49. The first-order valence-electron chi connectivity index (χ1n) is 5.25. The zero-order chi connectivity index (χ0) is 13.1. The summed E-state index contributed by atoms with van der Waals surface area (Å²) in [6.07, 6.45) is 0. The number of carboxylic acids is 1. The van der Waals surface area contributed by atoms with Crippen molar-refractivity contribution < 1.29 is 14.7 Å². The van der Waals surface area contributed by atoms with Gasteiger partial charge in [0.1, 0.15) is 6.04 Å². The molecular formula is C11H22N2O3. The van der Waals surface area contributed by atoms with E-state index >= 15 is 0 Å². The van der Waals surface area contributed by atoms with Crippen LogP contribution in [0.5, 0.6) is 0 Å². The van der Waals surface area contributed by atoms with Gasteiger partial charge in [-0.2, -0.15) is 0 Å². The van der Waals surface area contributed by atoms with Crippen LogP contribution in [-0.2, 0) is 9.59 Å². The minimum atomic E-state index is -1.02. The molecule has 5 nitrogen and oxygen atoms in total. The van der Waals surface area contributed by atoms with Crippen molar-refractivity contribution in [1.29, 1.82) is 0 Å². The molecule has 0 heterocycles. The molecule has 0 rings (SSSR count). The molecule has 0 saturated carbocycles. The molecular weight excluding hydrogens is 208 g/mol. The summed E-state index contributed by atoms with van der Waals surface area (Å²) >= 11 is 0. The molecule has 5 heteroatoms. The van der Waals surface area contributed by atoms with Crippen molar-refractivity contribution in [3.8, 4) is 0 Å². The standard InChI is InChI=1S/C11H22N2O3/c1-10(2,3)7(8(14)15)13-9(16)11(4,5)12-6/h7,12H,1-6H3,(H,13,16)(H,14,15). The van der Waals surface area contributed by atoms with Crippen LogP contribution in [-0.4, -0.2) is 35.6 Å². The second kappa shape index (κ2) is 4.82. The number of carbonyl (C=O) groups excluding carboxylic acids is 1. The fourth-order valence-electron chi connectivity index (χ4n) is 1.07. The number of carbonyl (C=O) groups is 2. The molecule has 0 aliphatic heterocycles. The number of aliphatic carboxylic acids is 1. The fraction of sp³-hybridized carbons (Fsp3) is 0.818. The van der Waals surface area contributed by atoms with Crippen LogP contribution in [0.4, 0.5) is 0 Å². The highest BCUT2D eigenvalue weighted by molar-refractivity contribution is 5.89. The van der Waals surface area contributed by atoms with Crippen LogP contribution in [0.1, 0.15) is 34.6 Å². The Kier molecular flexibility index (Phi) is 4.49. The maximum absolute atomic E-state index is 11.8. The summed E-state index contributed by atoms with van der Waals surface area (Å²) in [7, 11) is 1.66. The van der Waals surface area contributed by atoms with Crippen LogP contribution >= 0.6 is 0 Å². The lowest BCUT2D eigenvalue weighted by atomic mass is 9.86. The van der Waals surface area contributed by atoms with E-state index in [9.17, 15) is 9.59 Å². The zero-order valence-electron chi connectivity index (χ0n) is 10.8. The second-order valence-corrected chi connectivity index (χ2v) is 5.49. The van der Waals surface area contributed by atoms with Crippen molar-refractivity contribution in [2.24, 2.45) is 5.41 Å². The Bertz CT molecular complexity index is 279. The molecule has 0 spiro atoms. The first kappa shape index (κ1) is 14.9. The predicted molar refractivity (Wildman–Crippen MR) is 62.2 cm³/mol. The van der Waals surface area contributed by atoms with Crippen molar-refractivity contribution in [2.75, 3.05) is 7.05 Å². The van der Waals surface area contributed by atoms with Crippen molar-refractivity contribution in [3.05, 3.63) is 0 Å². The Morgan fingerprint density at radius 2 is 1.56 bits per heavy atom. The third-order valence-corrected chi connectivity index (χ3v) is 2.58. The lowest BCUT2D eigenvalue weighted by molar-refractivity contribution is -0.145. The predicted octanol–water partition coefficient (Wildman–Crippen LogP) is 0.600. The fourth-order valence-corrected chi connectivity index (χ4v) is 1.07. The summed E-state index contributed by atoms with van der Waals surface area (Å²) in [4.78, 5) is 22.9. The normalized spacial score (nSPS) is 14.4. The van der Waals surface area contributed by atoms with Gasteiger partial charge in [-0.05, 0) is 26.3 Å². The maximum Gasteiger partial charge on any atom is 0.326 e. The number of nitrogens with one attached hydrogen (secondary N) is 2. The van der Waals surface area contributed by atoms with Gasteiger partial charge in [-0.1, -0.05) is 20.8 Å². The van der Waals surface area contributed by atoms with Crippen LogP contribution in [0.25, 0.3) is 0 Å². The third kappa shape index (κ3) is 3.81. The number of carboxylic acid groups (broad SMARTS) is 1. The average Bonchev–Trinajstić information content (AvgIpc) is 2.11. The summed E-state index contributed by atoms with van der Waals surface area (Å²) in [5, 5.41) is 14.4. The molecule has 0 saturated heterocycles. The minimum absolute atomic E-state index is 0.322. The summed E-state index contributed by atoms with van der Waals surface area (Å²) in [5.41, 5.74) is -1.30. The van der Waals surface area contributed by atoms with Crippen LogP contribution in [0, 0.1) is 5.41 Å². The topological polar surface area (TPSA) is 78.4 Å². The molecule has 0 aliphatic carbocycles. The molecule has 0 aliphatic rings. The van der Waals surface area contributed by atoms with Crippen LogP contribution in [0.3, 0.4) is 0 Å². The third-order valence-electron chi connectivity index (χ3n) is 2.58. The van der Waals surface area contributed by atoms with Gasteiger partial charge in [0.15, 0.2) is 0 Å². The van der Waals surface area contributed by atoms with E-state index in [-0.39, 0.29) is 5.91 Å². The van der Waals surface area contributed by atoms with Gasteiger partial charge in [0.25, 0.3) is 0 Å². The van der Waals surface area contributed by atoms with E-state index in [0.29, 0.717) is 0 Å².